The first-order valence-corrected chi connectivity index (χ1v) is 11.0. The van der Waals surface area contributed by atoms with Gasteiger partial charge in [0.2, 0.25) is 5.91 Å². The number of carbonyl (C=O) groups is 1. The van der Waals surface area contributed by atoms with Crippen LogP contribution in [0.2, 0.25) is 0 Å². The lowest BCUT2D eigenvalue weighted by Gasteiger charge is -2.13. The Morgan fingerprint density at radius 2 is 2.19 bits per heavy atom. The van der Waals surface area contributed by atoms with E-state index in [1.807, 2.05) is 26.0 Å². The Balaban J connectivity index is 1.44. The fraction of sp³-hybridized carbons (Fsp3) is 0.273. The van der Waals surface area contributed by atoms with E-state index in [-0.39, 0.29) is 23.9 Å². The van der Waals surface area contributed by atoms with E-state index in [1.165, 1.54) is 11.8 Å². The van der Waals surface area contributed by atoms with Crippen molar-refractivity contribution in [3.8, 4) is 5.69 Å². The van der Waals surface area contributed by atoms with Gasteiger partial charge in [0.15, 0.2) is 10.8 Å². The molecule has 4 aromatic rings. The van der Waals surface area contributed by atoms with Crippen molar-refractivity contribution in [2.45, 2.75) is 38.0 Å². The maximum atomic E-state index is 13.3. The van der Waals surface area contributed by atoms with Crippen LogP contribution >= 0.6 is 11.8 Å². The largest absolute Gasteiger partial charge is 0.467 e. The van der Waals surface area contributed by atoms with Gasteiger partial charge in [0.25, 0.3) is 5.56 Å². The molecule has 1 unspecified atom stereocenters. The maximum absolute atomic E-state index is 13.3. The first-order chi connectivity index (χ1) is 15.0. The van der Waals surface area contributed by atoms with Crippen LogP contribution < -0.4 is 10.9 Å². The molecule has 4 heterocycles. The number of aryl methyl sites for hydroxylation is 2. The molecule has 1 aliphatic rings. The minimum atomic E-state index is -0.245. The van der Waals surface area contributed by atoms with Crippen LogP contribution in [0.3, 0.4) is 0 Å². The van der Waals surface area contributed by atoms with Crippen LogP contribution in [0.1, 0.15) is 29.3 Å². The van der Waals surface area contributed by atoms with Crippen LogP contribution in [0, 0.1) is 13.8 Å². The normalized spacial score (nSPS) is 15.4. The van der Waals surface area contributed by atoms with Gasteiger partial charge in [-0.25, -0.2) is 9.67 Å². The zero-order chi connectivity index (χ0) is 21.5. The minimum absolute atomic E-state index is 0.132. The molecule has 0 fully saturated rings. The number of hydrogen-bond donors (Lipinski definition) is 1. The first-order valence-electron chi connectivity index (χ1n) is 10.0. The molecule has 158 valence electrons. The Morgan fingerprint density at radius 3 is 2.97 bits per heavy atom. The summed E-state index contributed by atoms with van der Waals surface area (Å²) in [6.07, 6.45) is 3.34. The van der Waals surface area contributed by atoms with E-state index >= 15 is 0 Å². The summed E-state index contributed by atoms with van der Waals surface area (Å²) in [5.41, 5.74) is 3.50. The van der Waals surface area contributed by atoms with Crippen molar-refractivity contribution in [3.63, 3.8) is 0 Å². The second-order valence-electron chi connectivity index (χ2n) is 7.68. The van der Waals surface area contributed by atoms with Crippen LogP contribution in [0.15, 0.2) is 57.2 Å². The highest BCUT2D eigenvalue weighted by atomic mass is 32.2. The van der Waals surface area contributed by atoms with E-state index in [2.05, 4.69) is 16.5 Å². The van der Waals surface area contributed by atoms with E-state index in [0.29, 0.717) is 34.2 Å². The molecule has 0 saturated heterocycles. The highest BCUT2D eigenvalue weighted by molar-refractivity contribution is 7.99. The van der Waals surface area contributed by atoms with Crippen LogP contribution in [-0.4, -0.2) is 31.0 Å². The van der Waals surface area contributed by atoms with Crippen molar-refractivity contribution in [1.29, 1.82) is 0 Å². The number of nitrogens with one attached hydrogen (secondary N) is 1. The second kappa shape index (κ2) is 7.73. The van der Waals surface area contributed by atoms with Crippen LogP contribution in [-0.2, 0) is 11.3 Å². The Kier molecular flexibility index (Phi) is 4.90. The van der Waals surface area contributed by atoms with Gasteiger partial charge in [0.05, 0.1) is 30.7 Å². The molecule has 1 aliphatic heterocycles. The molecule has 0 aliphatic carbocycles. The van der Waals surface area contributed by atoms with Crippen LogP contribution in [0.25, 0.3) is 16.7 Å². The number of rotatable bonds is 5. The average molecular weight is 436 g/mol. The number of carbonyl (C=O) groups excluding carboxylic acids is 1. The molecule has 1 N–H and O–H groups in total. The number of hydrogen-bond acceptors (Lipinski definition) is 6. The van der Waals surface area contributed by atoms with Crippen molar-refractivity contribution in [2.75, 3.05) is 5.75 Å². The van der Waals surface area contributed by atoms with Gasteiger partial charge in [-0.05, 0) is 37.6 Å². The lowest BCUT2D eigenvalue weighted by Crippen LogP contribution is -2.30. The summed E-state index contributed by atoms with van der Waals surface area (Å²) in [6.45, 7) is 4.38. The number of aromatic nitrogens is 4. The molecule has 1 aromatic carbocycles. The summed E-state index contributed by atoms with van der Waals surface area (Å²) in [5.74, 6) is 1.18. The minimum Gasteiger partial charge on any atom is -0.467 e. The fourth-order valence-electron chi connectivity index (χ4n) is 3.89. The van der Waals surface area contributed by atoms with Crippen molar-refractivity contribution in [1.82, 2.24) is 24.6 Å². The van der Waals surface area contributed by atoms with Crippen molar-refractivity contribution in [2.24, 2.45) is 0 Å². The maximum Gasteiger partial charge on any atom is 0.265 e. The number of thioether (sulfide) groups is 1. The summed E-state index contributed by atoms with van der Waals surface area (Å²) in [5, 5.41) is 8.35. The molecule has 0 bridgehead atoms. The van der Waals surface area contributed by atoms with Crippen molar-refractivity contribution >= 4 is 28.7 Å². The standard InChI is InChI=1S/C22H21N5O3S/c1-13-5-6-18(14(2)8-13)27-20-17(11-24-27)21(29)26-15(12-31-22(26)25-20)9-19(28)23-10-16-4-3-7-30-16/h3-8,11,15H,9-10,12H2,1-2H3,(H,23,28). The molecule has 9 heteroatoms. The Labute approximate surface area is 182 Å². The van der Waals surface area contributed by atoms with E-state index in [1.54, 1.807) is 33.8 Å². The van der Waals surface area contributed by atoms with Gasteiger partial charge in [-0.1, -0.05) is 29.5 Å². The van der Waals surface area contributed by atoms with E-state index in [4.69, 9.17) is 9.40 Å². The summed E-state index contributed by atoms with van der Waals surface area (Å²) in [6, 6.07) is 9.42. The number of furan rings is 1. The van der Waals surface area contributed by atoms with E-state index in [9.17, 15) is 9.59 Å². The topological polar surface area (TPSA) is 95.0 Å². The Hall–Kier alpha value is -3.33. The molecule has 3 aromatic heterocycles. The van der Waals surface area contributed by atoms with Gasteiger partial charge < -0.3 is 9.73 Å². The highest BCUT2D eigenvalue weighted by Gasteiger charge is 2.29. The van der Waals surface area contributed by atoms with Gasteiger partial charge in [-0.2, -0.15) is 5.10 Å². The second-order valence-corrected chi connectivity index (χ2v) is 8.67. The predicted octanol–water partition coefficient (Wildman–Crippen LogP) is 3.15. The summed E-state index contributed by atoms with van der Waals surface area (Å²) in [4.78, 5) is 30.4. The van der Waals surface area contributed by atoms with Gasteiger partial charge in [-0.3, -0.25) is 14.2 Å². The molecule has 1 atom stereocenters. The third-order valence-electron chi connectivity index (χ3n) is 5.41. The number of fused-ring (bicyclic) bond motifs is 2. The highest BCUT2D eigenvalue weighted by Crippen LogP contribution is 2.33. The number of benzene rings is 1. The lowest BCUT2D eigenvalue weighted by atomic mass is 10.1. The monoisotopic (exact) mass is 435 g/mol. The van der Waals surface area contributed by atoms with E-state index < -0.39 is 0 Å². The molecule has 0 radical (unpaired) electrons. The average Bonchev–Trinajstić information content (AvgIpc) is 3.47. The predicted molar refractivity (Wildman–Crippen MR) is 118 cm³/mol. The molecular weight excluding hydrogens is 414 g/mol. The SMILES string of the molecule is Cc1ccc(-n2ncc3c(=O)n4c(nc32)SCC4CC(=O)NCc2ccco2)c(C)c1. The summed E-state index contributed by atoms with van der Waals surface area (Å²) in [7, 11) is 0. The molecule has 0 spiro atoms. The van der Waals surface area contributed by atoms with Gasteiger partial charge in [0, 0.05) is 12.2 Å². The Morgan fingerprint density at radius 1 is 1.32 bits per heavy atom. The first kappa shape index (κ1) is 19.6. The van der Waals surface area contributed by atoms with Gasteiger partial charge >= 0.3 is 0 Å². The van der Waals surface area contributed by atoms with Gasteiger partial charge in [0.1, 0.15) is 11.1 Å². The molecule has 8 nitrogen and oxygen atoms in total. The van der Waals surface area contributed by atoms with Crippen molar-refractivity contribution < 1.29 is 9.21 Å². The zero-order valence-corrected chi connectivity index (χ0v) is 18.0. The summed E-state index contributed by atoms with van der Waals surface area (Å²) >= 11 is 1.49. The molecule has 0 saturated carbocycles. The third kappa shape index (κ3) is 3.54. The van der Waals surface area contributed by atoms with E-state index in [0.717, 1.165) is 16.8 Å². The van der Waals surface area contributed by atoms with Crippen molar-refractivity contribution in [3.05, 3.63) is 70.0 Å². The molecule has 5 rings (SSSR count). The third-order valence-corrected chi connectivity index (χ3v) is 6.51. The molecule has 31 heavy (non-hydrogen) atoms. The fourth-order valence-corrected chi connectivity index (χ4v) is 5.02. The molecular formula is C22H21N5O3S. The van der Waals surface area contributed by atoms with Gasteiger partial charge in [-0.15, -0.1) is 0 Å². The smallest absolute Gasteiger partial charge is 0.265 e. The summed E-state index contributed by atoms with van der Waals surface area (Å²) < 4.78 is 8.59. The number of nitrogens with zero attached hydrogens (tertiary/aromatic N) is 4. The van der Waals surface area contributed by atoms with Crippen LogP contribution in [0.5, 0.6) is 0 Å². The lowest BCUT2D eigenvalue weighted by molar-refractivity contribution is -0.122. The molecule has 1 amide bonds. The quantitative estimate of drug-likeness (QED) is 0.484. The Bertz CT molecular complexity index is 1340. The zero-order valence-electron chi connectivity index (χ0n) is 17.2. The number of amides is 1. The van der Waals surface area contributed by atoms with Crippen LogP contribution in [0.4, 0.5) is 0 Å².